The topological polar surface area (TPSA) is 51.2 Å². The van der Waals surface area contributed by atoms with Crippen molar-refractivity contribution in [3.05, 3.63) is 104 Å². The standard InChI is InChI=1S/C30H29NO4/c1-33-24-8-11-26-28(19-24)27-9-4-21-18-22(32)5-10-25(21)30(27)29(26)20-2-6-23(7-3-20)35-17-14-31-12-15-34-16-13-31/h2-9,11,18-19,32H,10,12-17H2,1H3. The number of hydrogen-bond acceptors (Lipinski definition) is 5. The van der Waals surface area contributed by atoms with E-state index in [0.29, 0.717) is 18.8 Å². The molecular weight excluding hydrogens is 438 g/mol. The molecule has 1 N–H and O–H groups in total. The third kappa shape index (κ3) is 4.11. The molecule has 178 valence electrons. The number of rotatable bonds is 6. The molecule has 1 aliphatic heterocycles. The van der Waals surface area contributed by atoms with Gasteiger partial charge in [-0.25, -0.2) is 0 Å². The molecule has 2 aliphatic carbocycles. The van der Waals surface area contributed by atoms with Gasteiger partial charge in [-0.2, -0.15) is 0 Å². The van der Waals surface area contributed by atoms with Gasteiger partial charge in [0.15, 0.2) is 0 Å². The number of fused-ring (bicyclic) bond motifs is 4. The van der Waals surface area contributed by atoms with Crippen LogP contribution in [0.1, 0.15) is 16.7 Å². The molecule has 3 aromatic carbocycles. The number of ether oxygens (including phenoxy) is 3. The highest BCUT2D eigenvalue weighted by Crippen LogP contribution is 2.30. The zero-order valence-corrected chi connectivity index (χ0v) is 19.9. The molecule has 0 radical (unpaired) electrons. The largest absolute Gasteiger partial charge is 0.508 e. The molecule has 0 bridgehead atoms. The molecule has 5 nitrogen and oxygen atoms in total. The number of allylic oxidation sites excluding steroid dienone is 2. The number of aliphatic hydroxyl groups is 1. The summed E-state index contributed by atoms with van der Waals surface area (Å²) in [5.41, 5.74) is 4.86. The predicted octanol–water partition coefficient (Wildman–Crippen LogP) is 3.03. The SMILES string of the molecule is COc1ccc2c(c1)=c1ccc3c(c1C=2c1ccc(OCCN2CCOCC2)cc1)CC=C(O)C=3. The third-order valence-electron chi connectivity index (χ3n) is 7.13. The van der Waals surface area contributed by atoms with Crippen LogP contribution in [0.5, 0.6) is 11.5 Å². The van der Waals surface area contributed by atoms with Gasteiger partial charge in [-0.1, -0.05) is 30.3 Å². The first-order valence-corrected chi connectivity index (χ1v) is 12.2. The summed E-state index contributed by atoms with van der Waals surface area (Å²) in [5.74, 6) is 2.06. The molecule has 3 aromatic rings. The summed E-state index contributed by atoms with van der Waals surface area (Å²) < 4.78 is 17.0. The quantitative estimate of drug-likeness (QED) is 0.473. The summed E-state index contributed by atoms with van der Waals surface area (Å²) in [4.78, 5) is 2.38. The van der Waals surface area contributed by atoms with E-state index in [2.05, 4.69) is 53.4 Å². The lowest BCUT2D eigenvalue weighted by Gasteiger charge is -2.26. The van der Waals surface area contributed by atoms with E-state index in [1.54, 1.807) is 7.11 Å². The van der Waals surface area contributed by atoms with Gasteiger partial charge in [0.2, 0.25) is 0 Å². The molecule has 3 aliphatic rings. The van der Waals surface area contributed by atoms with E-state index < -0.39 is 0 Å². The van der Waals surface area contributed by atoms with Gasteiger partial charge in [-0.05, 0) is 86.0 Å². The van der Waals surface area contributed by atoms with Crippen molar-refractivity contribution in [1.82, 2.24) is 4.90 Å². The molecule has 0 atom stereocenters. The first kappa shape index (κ1) is 22.0. The van der Waals surface area contributed by atoms with Crippen molar-refractivity contribution in [2.75, 3.05) is 46.6 Å². The molecule has 5 heteroatoms. The van der Waals surface area contributed by atoms with Crippen LogP contribution in [-0.2, 0) is 11.2 Å². The molecule has 0 aromatic heterocycles. The molecule has 0 spiro atoms. The Labute approximate surface area is 204 Å². The smallest absolute Gasteiger partial charge is 0.119 e. The Hall–Kier alpha value is -3.54. The fourth-order valence-electron chi connectivity index (χ4n) is 5.31. The Balaban J connectivity index is 1.37. The average Bonchev–Trinajstić information content (AvgIpc) is 3.23. The van der Waals surface area contributed by atoms with Crippen LogP contribution in [0.15, 0.2) is 66.4 Å². The van der Waals surface area contributed by atoms with Gasteiger partial charge in [0, 0.05) is 19.6 Å². The highest BCUT2D eigenvalue weighted by molar-refractivity contribution is 5.84. The summed E-state index contributed by atoms with van der Waals surface area (Å²) in [5, 5.41) is 14.7. The number of benzene rings is 3. The minimum absolute atomic E-state index is 0.328. The first-order chi connectivity index (χ1) is 17.2. The third-order valence-corrected chi connectivity index (χ3v) is 7.13. The van der Waals surface area contributed by atoms with Gasteiger partial charge >= 0.3 is 0 Å². The Morgan fingerprint density at radius 2 is 1.69 bits per heavy atom. The number of morpholine rings is 1. The lowest BCUT2D eigenvalue weighted by Crippen LogP contribution is -2.38. The second-order valence-corrected chi connectivity index (χ2v) is 9.15. The van der Waals surface area contributed by atoms with Crippen LogP contribution in [0.4, 0.5) is 0 Å². The molecule has 35 heavy (non-hydrogen) atoms. The number of hydrogen-bond donors (Lipinski definition) is 1. The van der Waals surface area contributed by atoms with E-state index in [-0.39, 0.29) is 0 Å². The van der Waals surface area contributed by atoms with Crippen LogP contribution >= 0.6 is 0 Å². The van der Waals surface area contributed by atoms with E-state index >= 15 is 0 Å². The number of aliphatic hydroxyl groups excluding tert-OH is 1. The van der Waals surface area contributed by atoms with Crippen LogP contribution in [-0.4, -0.2) is 56.6 Å². The van der Waals surface area contributed by atoms with Crippen molar-refractivity contribution < 1.29 is 19.3 Å². The molecule has 6 rings (SSSR count). The van der Waals surface area contributed by atoms with Crippen molar-refractivity contribution in [2.24, 2.45) is 0 Å². The van der Waals surface area contributed by atoms with Crippen molar-refractivity contribution in [1.29, 1.82) is 0 Å². The summed E-state index contributed by atoms with van der Waals surface area (Å²) >= 11 is 0. The molecular formula is C30H29NO4. The normalized spacial score (nSPS) is 16.6. The molecule has 1 heterocycles. The summed E-state index contributed by atoms with van der Waals surface area (Å²) in [7, 11) is 1.70. The number of nitrogens with zero attached hydrogens (tertiary/aromatic N) is 1. The fourth-order valence-corrected chi connectivity index (χ4v) is 5.31. The summed E-state index contributed by atoms with van der Waals surface area (Å²) in [6.45, 7) is 5.13. The van der Waals surface area contributed by atoms with E-state index in [0.717, 1.165) is 55.1 Å². The van der Waals surface area contributed by atoms with Gasteiger partial charge in [0.1, 0.15) is 23.9 Å². The molecule has 1 fully saturated rings. The van der Waals surface area contributed by atoms with E-state index in [1.807, 2.05) is 18.2 Å². The van der Waals surface area contributed by atoms with E-state index in [4.69, 9.17) is 14.2 Å². The van der Waals surface area contributed by atoms with Gasteiger partial charge in [-0.3, -0.25) is 4.90 Å². The van der Waals surface area contributed by atoms with E-state index in [9.17, 15) is 5.11 Å². The van der Waals surface area contributed by atoms with Crippen LogP contribution in [0, 0.1) is 10.4 Å². The Morgan fingerprint density at radius 3 is 2.49 bits per heavy atom. The lowest BCUT2D eigenvalue weighted by atomic mass is 9.90. The maximum Gasteiger partial charge on any atom is 0.119 e. The lowest BCUT2D eigenvalue weighted by molar-refractivity contribution is 0.0322. The van der Waals surface area contributed by atoms with E-state index in [1.165, 1.54) is 32.4 Å². The van der Waals surface area contributed by atoms with Crippen molar-refractivity contribution in [2.45, 2.75) is 6.42 Å². The maximum absolute atomic E-state index is 10.1. The molecule has 0 amide bonds. The van der Waals surface area contributed by atoms with Crippen LogP contribution in [0.25, 0.3) is 11.6 Å². The second-order valence-electron chi connectivity index (χ2n) is 9.15. The van der Waals surface area contributed by atoms with Crippen LogP contribution < -0.4 is 19.9 Å². The molecule has 0 unspecified atom stereocenters. The van der Waals surface area contributed by atoms with Gasteiger partial charge in [0.05, 0.1) is 20.3 Å². The molecule has 1 saturated heterocycles. The molecule has 0 saturated carbocycles. The first-order valence-electron chi connectivity index (χ1n) is 12.2. The van der Waals surface area contributed by atoms with Gasteiger partial charge in [0.25, 0.3) is 0 Å². The Kier molecular flexibility index (Phi) is 5.80. The zero-order chi connectivity index (χ0) is 23.8. The summed E-state index contributed by atoms with van der Waals surface area (Å²) in [6, 6.07) is 19.0. The highest BCUT2D eigenvalue weighted by atomic mass is 16.5. The van der Waals surface area contributed by atoms with Crippen LogP contribution in [0.3, 0.4) is 0 Å². The minimum Gasteiger partial charge on any atom is -0.508 e. The maximum atomic E-state index is 10.1. The monoisotopic (exact) mass is 467 g/mol. The van der Waals surface area contributed by atoms with Crippen molar-refractivity contribution in [3.63, 3.8) is 0 Å². The van der Waals surface area contributed by atoms with Gasteiger partial charge < -0.3 is 19.3 Å². The van der Waals surface area contributed by atoms with Crippen molar-refractivity contribution >= 4 is 11.6 Å². The minimum atomic E-state index is 0.328. The average molecular weight is 468 g/mol. The number of methoxy groups -OCH3 is 1. The van der Waals surface area contributed by atoms with Crippen molar-refractivity contribution in [3.8, 4) is 11.5 Å². The second kappa shape index (κ2) is 9.25. The highest BCUT2D eigenvalue weighted by Gasteiger charge is 2.21. The Morgan fingerprint density at radius 1 is 0.914 bits per heavy atom. The summed E-state index contributed by atoms with van der Waals surface area (Å²) in [6.07, 6.45) is 4.44. The fraction of sp³-hybridized carbons (Fsp3) is 0.267. The zero-order valence-electron chi connectivity index (χ0n) is 19.9. The van der Waals surface area contributed by atoms with Gasteiger partial charge in [-0.15, -0.1) is 0 Å². The van der Waals surface area contributed by atoms with Crippen LogP contribution in [0.2, 0.25) is 0 Å². The predicted molar refractivity (Wildman–Crippen MR) is 136 cm³/mol. The Bertz CT molecular complexity index is 1520.